The number of hydrogen-bond donors (Lipinski definition) is 0. The van der Waals surface area contributed by atoms with Crippen LogP contribution in [-0.4, -0.2) is 10.8 Å². The molecule has 0 radical (unpaired) electrons. The monoisotopic (exact) mass is 394 g/mol. The van der Waals surface area contributed by atoms with Gasteiger partial charge in [-0.05, 0) is 55.3 Å². The zero-order chi connectivity index (χ0) is 19.2. The summed E-state index contributed by atoms with van der Waals surface area (Å²) in [7, 11) is 1.33. The lowest BCUT2D eigenvalue weighted by molar-refractivity contribution is 0.242. The number of unbranched alkanes of at least 4 members (excludes halogenated alkanes) is 11. The van der Waals surface area contributed by atoms with E-state index in [1.807, 2.05) is 0 Å². The van der Waals surface area contributed by atoms with Crippen molar-refractivity contribution in [3.05, 3.63) is 0 Å². The minimum Gasteiger partial charge on any atom is -0.112 e. The van der Waals surface area contributed by atoms with Crippen molar-refractivity contribution in [1.82, 2.24) is 0 Å². The van der Waals surface area contributed by atoms with Crippen LogP contribution in [0.3, 0.4) is 0 Å². The zero-order valence-electron chi connectivity index (χ0n) is 19.0. The molecule has 0 N–H and O–H groups in total. The fraction of sp³-hybridized carbons (Fsp3) is 1.00. The van der Waals surface area contributed by atoms with E-state index in [2.05, 4.69) is 13.8 Å². The van der Waals surface area contributed by atoms with Crippen LogP contribution in [0.4, 0.5) is 0 Å². The third-order valence-corrected chi connectivity index (χ3v) is 10.2. The van der Waals surface area contributed by atoms with E-state index < -0.39 is 0 Å². The fourth-order valence-electron chi connectivity index (χ4n) is 6.03. The van der Waals surface area contributed by atoms with Gasteiger partial charge in [-0.15, -0.1) is 8.58 Å². The summed E-state index contributed by atoms with van der Waals surface area (Å²) in [4.78, 5) is 0. The Bertz CT molecular complexity index is 340. The van der Waals surface area contributed by atoms with E-state index in [0.29, 0.717) is 0 Å². The quantitative estimate of drug-likeness (QED) is 0.180. The maximum Gasteiger partial charge on any atom is -0.00912 e. The average Bonchev–Trinajstić information content (AvgIpc) is 2.68. The lowest BCUT2D eigenvalue weighted by atomic mass is 9.75. The maximum absolute atomic E-state index is 2.33. The molecule has 2 atom stereocenters. The molecule has 0 nitrogen and oxygen atoms in total. The van der Waals surface area contributed by atoms with Crippen molar-refractivity contribution in [2.24, 2.45) is 5.92 Å². The van der Waals surface area contributed by atoms with Gasteiger partial charge >= 0.3 is 0 Å². The third kappa shape index (κ3) is 8.76. The van der Waals surface area contributed by atoms with Crippen LogP contribution in [0.25, 0.3) is 0 Å². The first-order chi connectivity index (χ1) is 13.3. The highest BCUT2D eigenvalue weighted by Crippen LogP contribution is 2.59. The van der Waals surface area contributed by atoms with Crippen molar-refractivity contribution in [2.75, 3.05) is 0 Å². The highest BCUT2D eigenvalue weighted by Gasteiger charge is 2.43. The molecule has 2 aliphatic rings. The SMILES string of the molecule is CCCCCCCCCC(CCCCCCCC)C12CCCC(CCC1)P2. The molecule has 2 heterocycles. The van der Waals surface area contributed by atoms with Crippen LogP contribution in [0.15, 0.2) is 0 Å². The van der Waals surface area contributed by atoms with E-state index in [4.69, 9.17) is 0 Å². The van der Waals surface area contributed by atoms with Crippen molar-refractivity contribution >= 4 is 8.58 Å². The molecule has 2 fully saturated rings. The van der Waals surface area contributed by atoms with Gasteiger partial charge in [-0.25, -0.2) is 0 Å². The topological polar surface area (TPSA) is 0 Å². The Morgan fingerprint density at radius 1 is 0.667 bits per heavy atom. The fourth-order valence-corrected chi connectivity index (χ4v) is 8.71. The molecule has 27 heavy (non-hydrogen) atoms. The van der Waals surface area contributed by atoms with Gasteiger partial charge < -0.3 is 0 Å². The molecule has 0 aliphatic carbocycles. The summed E-state index contributed by atoms with van der Waals surface area (Å²) >= 11 is 0. The normalized spacial score (nSPS) is 27.1. The molecule has 0 amide bonds. The Labute approximate surface area is 174 Å². The molecular formula is C26H51P. The average molecular weight is 395 g/mol. The summed E-state index contributed by atoms with van der Waals surface area (Å²) in [6.45, 7) is 4.66. The van der Waals surface area contributed by atoms with Crippen LogP contribution < -0.4 is 0 Å². The predicted molar refractivity (Wildman–Crippen MR) is 127 cm³/mol. The lowest BCUT2D eigenvalue weighted by Crippen LogP contribution is -2.41. The van der Waals surface area contributed by atoms with Crippen molar-refractivity contribution in [1.29, 1.82) is 0 Å². The number of hydrogen-bond acceptors (Lipinski definition) is 0. The van der Waals surface area contributed by atoms with Gasteiger partial charge in [0.1, 0.15) is 0 Å². The summed E-state index contributed by atoms with van der Waals surface area (Å²) in [6, 6.07) is 0. The van der Waals surface area contributed by atoms with Gasteiger partial charge in [0.2, 0.25) is 0 Å². The van der Waals surface area contributed by atoms with Crippen molar-refractivity contribution in [3.63, 3.8) is 0 Å². The van der Waals surface area contributed by atoms with Crippen molar-refractivity contribution in [2.45, 2.75) is 159 Å². The van der Waals surface area contributed by atoms with E-state index in [9.17, 15) is 0 Å². The molecule has 0 aromatic rings. The molecule has 2 saturated heterocycles. The second-order valence-corrected chi connectivity index (χ2v) is 12.0. The van der Waals surface area contributed by atoms with E-state index in [0.717, 1.165) is 16.7 Å². The van der Waals surface area contributed by atoms with Crippen LogP contribution in [-0.2, 0) is 0 Å². The Kier molecular flexibility index (Phi) is 12.7. The molecule has 0 aromatic carbocycles. The molecule has 2 aliphatic heterocycles. The largest absolute Gasteiger partial charge is 0.112 e. The Morgan fingerprint density at radius 3 is 1.59 bits per heavy atom. The summed E-state index contributed by atoms with van der Waals surface area (Å²) in [6.07, 6.45) is 31.8. The molecule has 160 valence electrons. The van der Waals surface area contributed by atoms with Gasteiger partial charge in [0.25, 0.3) is 0 Å². The van der Waals surface area contributed by atoms with E-state index in [-0.39, 0.29) is 0 Å². The van der Waals surface area contributed by atoms with Gasteiger partial charge in [-0.2, -0.15) is 0 Å². The van der Waals surface area contributed by atoms with E-state index >= 15 is 0 Å². The molecule has 2 unspecified atom stereocenters. The minimum absolute atomic E-state index is 0.812. The van der Waals surface area contributed by atoms with Gasteiger partial charge in [-0.3, -0.25) is 0 Å². The summed E-state index contributed by atoms with van der Waals surface area (Å²) in [5.74, 6) is 1.08. The summed E-state index contributed by atoms with van der Waals surface area (Å²) in [5, 5.41) is 0.812. The summed E-state index contributed by atoms with van der Waals surface area (Å²) in [5.41, 5.74) is 1.13. The smallest absolute Gasteiger partial charge is 0.00912 e. The van der Waals surface area contributed by atoms with Crippen LogP contribution in [0.5, 0.6) is 0 Å². The van der Waals surface area contributed by atoms with Gasteiger partial charge in [-0.1, -0.05) is 110 Å². The highest BCUT2D eigenvalue weighted by atomic mass is 31.1. The maximum atomic E-state index is 2.33. The number of fused-ring (bicyclic) bond motifs is 2. The third-order valence-electron chi connectivity index (χ3n) is 7.69. The first-order valence-electron chi connectivity index (χ1n) is 13.1. The Hall–Kier alpha value is 0.430. The molecule has 0 aromatic heterocycles. The van der Waals surface area contributed by atoms with Crippen LogP contribution in [0.1, 0.15) is 149 Å². The van der Waals surface area contributed by atoms with E-state index in [1.165, 1.54) is 92.1 Å². The van der Waals surface area contributed by atoms with Crippen LogP contribution in [0.2, 0.25) is 0 Å². The second kappa shape index (κ2) is 14.4. The first kappa shape index (κ1) is 23.7. The lowest BCUT2D eigenvalue weighted by Gasteiger charge is -2.50. The molecule has 1 heteroatoms. The molecule has 0 saturated carbocycles. The van der Waals surface area contributed by atoms with Gasteiger partial charge in [0, 0.05) is 0 Å². The summed E-state index contributed by atoms with van der Waals surface area (Å²) < 4.78 is 0. The minimum atomic E-state index is 0.812. The molecule has 0 spiro atoms. The molecule has 2 bridgehead atoms. The predicted octanol–water partition coefficient (Wildman–Crippen LogP) is 9.65. The Morgan fingerprint density at radius 2 is 1.11 bits per heavy atom. The molecule has 2 rings (SSSR count). The standard InChI is InChI=1S/C26H51P/c1-3-5-7-9-11-13-15-19-24(18-14-12-10-8-6-4-2)26-22-16-20-25(27-26)21-17-23-26/h24-25,27H,3-23H2,1-2H3. The van der Waals surface area contributed by atoms with Crippen LogP contribution in [0, 0.1) is 5.92 Å². The van der Waals surface area contributed by atoms with E-state index in [1.54, 1.807) is 51.4 Å². The van der Waals surface area contributed by atoms with Crippen molar-refractivity contribution in [3.8, 4) is 0 Å². The van der Waals surface area contributed by atoms with Crippen LogP contribution >= 0.6 is 8.58 Å². The Balaban J connectivity index is 1.75. The second-order valence-electron chi connectivity index (χ2n) is 9.95. The molecular weight excluding hydrogens is 343 g/mol. The first-order valence-corrected chi connectivity index (χ1v) is 14.2. The zero-order valence-corrected chi connectivity index (χ0v) is 20.0. The van der Waals surface area contributed by atoms with Gasteiger partial charge in [0.15, 0.2) is 0 Å². The highest BCUT2D eigenvalue weighted by molar-refractivity contribution is 7.41. The van der Waals surface area contributed by atoms with Crippen molar-refractivity contribution < 1.29 is 0 Å². The number of rotatable bonds is 16. The van der Waals surface area contributed by atoms with Gasteiger partial charge in [0.05, 0.1) is 0 Å².